The summed E-state index contributed by atoms with van der Waals surface area (Å²) in [6.07, 6.45) is 7.69. The molecule has 0 bridgehead atoms. The zero-order valence-corrected chi connectivity index (χ0v) is 16.6. The van der Waals surface area contributed by atoms with Crippen LogP contribution in [0.25, 0.3) is 0 Å². The van der Waals surface area contributed by atoms with Crippen LogP contribution < -0.4 is 10.6 Å². The van der Waals surface area contributed by atoms with Crippen LogP contribution in [-0.4, -0.2) is 36.9 Å². The molecule has 0 saturated heterocycles. The van der Waals surface area contributed by atoms with Gasteiger partial charge in [0.15, 0.2) is 5.11 Å². The average Bonchev–Trinajstić information content (AvgIpc) is 2.64. The molecule has 1 fully saturated rings. The second-order valence-corrected chi connectivity index (χ2v) is 7.02. The summed E-state index contributed by atoms with van der Waals surface area (Å²) in [7, 11) is 0. The summed E-state index contributed by atoms with van der Waals surface area (Å²) in [6.45, 7) is 5.64. The van der Waals surface area contributed by atoms with Gasteiger partial charge in [-0.05, 0) is 63.0 Å². The largest absolute Gasteiger partial charge is 0.462 e. The molecule has 0 heterocycles. The lowest BCUT2D eigenvalue weighted by Crippen LogP contribution is -2.30. The number of ether oxygens (including phenoxy) is 2. The van der Waals surface area contributed by atoms with Crippen molar-refractivity contribution in [3.8, 4) is 0 Å². The fraction of sp³-hybridized carbons (Fsp3) is 0.600. The van der Waals surface area contributed by atoms with Gasteiger partial charge in [-0.1, -0.05) is 25.3 Å². The zero-order valence-electron chi connectivity index (χ0n) is 15.8. The topological polar surface area (TPSA) is 59.6 Å². The van der Waals surface area contributed by atoms with E-state index in [1.165, 1.54) is 32.1 Å². The minimum atomic E-state index is -0.325. The summed E-state index contributed by atoms with van der Waals surface area (Å²) in [5.74, 6) is -0.325. The Morgan fingerprint density at radius 1 is 1.27 bits per heavy atom. The number of hydrogen-bond acceptors (Lipinski definition) is 4. The Labute approximate surface area is 161 Å². The Morgan fingerprint density at radius 3 is 2.77 bits per heavy atom. The van der Waals surface area contributed by atoms with Gasteiger partial charge in [-0.2, -0.15) is 0 Å². The number of carbonyl (C=O) groups is 1. The van der Waals surface area contributed by atoms with E-state index in [4.69, 9.17) is 21.7 Å². The fourth-order valence-electron chi connectivity index (χ4n) is 3.02. The van der Waals surface area contributed by atoms with E-state index in [1.54, 1.807) is 19.1 Å². The van der Waals surface area contributed by atoms with Gasteiger partial charge in [0.2, 0.25) is 0 Å². The molecule has 2 rings (SSSR count). The predicted octanol–water partition coefficient (Wildman–Crippen LogP) is 4.20. The van der Waals surface area contributed by atoms with Crippen LogP contribution in [0, 0.1) is 6.92 Å². The summed E-state index contributed by atoms with van der Waals surface area (Å²) in [5, 5.41) is 6.90. The first kappa shape index (κ1) is 20.6. The Hall–Kier alpha value is -1.66. The molecule has 0 amide bonds. The van der Waals surface area contributed by atoms with Crippen LogP contribution in [0.2, 0.25) is 0 Å². The van der Waals surface area contributed by atoms with Gasteiger partial charge in [0, 0.05) is 18.8 Å². The van der Waals surface area contributed by atoms with E-state index in [1.807, 2.05) is 13.0 Å². The van der Waals surface area contributed by atoms with Crippen molar-refractivity contribution in [2.75, 3.05) is 25.1 Å². The first-order chi connectivity index (χ1) is 12.6. The van der Waals surface area contributed by atoms with Crippen LogP contribution in [0.15, 0.2) is 18.2 Å². The second kappa shape index (κ2) is 11.1. The molecule has 1 aliphatic carbocycles. The third-order valence-electron chi connectivity index (χ3n) is 4.51. The molecule has 1 aliphatic rings. The molecule has 6 heteroatoms. The lowest BCUT2D eigenvalue weighted by molar-refractivity contribution is 0.0277. The summed E-state index contributed by atoms with van der Waals surface area (Å²) >= 11 is 5.35. The maximum absolute atomic E-state index is 11.9. The molecule has 5 nitrogen and oxygen atoms in total. The molecule has 26 heavy (non-hydrogen) atoms. The number of benzene rings is 1. The number of nitrogens with one attached hydrogen (secondary N) is 2. The maximum Gasteiger partial charge on any atom is 0.338 e. The van der Waals surface area contributed by atoms with Gasteiger partial charge in [0.25, 0.3) is 0 Å². The van der Waals surface area contributed by atoms with Crippen molar-refractivity contribution >= 4 is 29.0 Å². The molecule has 1 aromatic rings. The molecule has 1 saturated carbocycles. The minimum Gasteiger partial charge on any atom is -0.462 e. The van der Waals surface area contributed by atoms with Crippen LogP contribution in [0.1, 0.15) is 61.4 Å². The standard InChI is InChI=1S/C20H30N2O3S/c1-3-24-19(23)16-11-10-15(2)18(14-16)22-20(26)21-12-7-13-25-17-8-5-4-6-9-17/h10-11,14,17H,3-9,12-13H2,1-2H3,(H2,21,22,26). The SMILES string of the molecule is CCOC(=O)c1ccc(C)c(NC(=S)NCCCOC2CCCCC2)c1. The van der Waals surface area contributed by atoms with Crippen molar-refractivity contribution in [3.05, 3.63) is 29.3 Å². The van der Waals surface area contributed by atoms with Gasteiger partial charge in [0.1, 0.15) is 0 Å². The molecule has 0 radical (unpaired) electrons. The van der Waals surface area contributed by atoms with Crippen molar-refractivity contribution < 1.29 is 14.3 Å². The van der Waals surface area contributed by atoms with Gasteiger partial charge >= 0.3 is 5.97 Å². The number of aryl methyl sites for hydroxylation is 1. The molecule has 0 aromatic heterocycles. The molecule has 0 unspecified atom stereocenters. The van der Waals surface area contributed by atoms with Gasteiger partial charge in [-0.3, -0.25) is 0 Å². The number of thiocarbonyl (C=S) groups is 1. The van der Waals surface area contributed by atoms with Gasteiger partial charge in [0.05, 0.1) is 18.3 Å². The molecular formula is C20H30N2O3S. The molecule has 2 N–H and O–H groups in total. The predicted molar refractivity (Wildman–Crippen MR) is 109 cm³/mol. The van der Waals surface area contributed by atoms with E-state index >= 15 is 0 Å². The average molecular weight is 379 g/mol. The second-order valence-electron chi connectivity index (χ2n) is 6.62. The van der Waals surface area contributed by atoms with Crippen molar-refractivity contribution in [1.29, 1.82) is 0 Å². The van der Waals surface area contributed by atoms with Crippen molar-refractivity contribution in [2.45, 2.75) is 58.5 Å². The Balaban J connectivity index is 1.71. The first-order valence-electron chi connectivity index (χ1n) is 9.54. The molecule has 0 aliphatic heterocycles. The molecule has 1 aromatic carbocycles. The zero-order chi connectivity index (χ0) is 18.8. The van der Waals surface area contributed by atoms with E-state index in [0.29, 0.717) is 23.4 Å². The van der Waals surface area contributed by atoms with E-state index in [-0.39, 0.29) is 5.97 Å². The normalized spacial score (nSPS) is 14.7. The lowest BCUT2D eigenvalue weighted by atomic mass is 9.98. The summed E-state index contributed by atoms with van der Waals surface area (Å²) in [5.41, 5.74) is 2.35. The van der Waals surface area contributed by atoms with Crippen LogP contribution in [0.3, 0.4) is 0 Å². The maximum atomic E-state index is 11.9. The summed E-state index contributed by atoms with van der Waals surface area (Å²) in [4.78, 5) is 11.9. The highest BCUT2D eigenvalue weighted by molar-refractivity contribution is 7.80. The van der Waals surface area contributed by atoms with Gasteiger partial charge in [-0.25, -0.2) is 4.79 Å². The van der Waals surface area contributed by atoms with Crippen molar-refractivity contribution in [1.82, 2.24) is 5.32 Å². The van der Waals surface area contributed by atoms with E-state index < -0.39 is 0 Å². The Bertz CT molecular complexity index is 601. The minimum absolute atomic E-state index is 0.325. The fourth-order valence-corrected chi connectivity index (χ4v) is 3.23. The number of rotatable bonds is 8. The number of esters is 1. The quantitative estimate of drug-likeness (QED) is 0.402. The van der Waals surface area contributed by atoms with Gasteiger partial charge in [-0.15, -0.1) is 0 Å². The smallest absolute Gasteiger partial charge is 0.338 e. The third-order valence-corrected chi connectivity index (χ3v) is 4.76. The van der Waals surface area contributed by atoms with E-state index in [2.05, 4.69) is 10.6 Å². The van der Waals surface area contributed by atoms with Crippen molar-refractivity contribution in [2.24, 2.45) is 0 Å². The number of hydrogen-bond donors (Lipinski definition) is 2. The summed E-state index contributed by atoms with van der Waals surface area (Å²) in [6, 6.07) is 5.42. The lowest BCUT2D eigenvalue weighted by Gasteiger charge is -2.22. The summed E-state index contributed by atoms with van der Waals surface area (Å²) < 4.78 is 11.0. The van der Waals surface area contributed by atoms with Crippen LogP contribution in [0.5, 0.6) is 0 Å². The Kier molecular flexibility index (Phi) is 8.85. The highest BCUT2D eigenvalue weighted by Gasteiger charge is 2.13. The highest BCUT2D eigenvalue weighted by atomic mass is 32.1. The van der Waals surface area contributed by atoms with Crippen LogP contribution >= 0.6 is 12.2 Å². The highest BCUT2D eigenvalue weighted by Crippen LogP contribution is 2.20. The van der Waals surface area contributed by atoms with Crippen LogP contribution in [-0.2, 0) is 9.47 Å². The molecule has 0 spiro atoms. The third kappa shape index (κ3) is 6.92. The molecular weight excluding hydrogens is 348 g/mol. The first-order valence-corrected chi connectivity index (χ1v) is 9.95. The van der Waals surface area contributed by atoms with E-state index in [9.17, 15) is 4.79 Å². The molecule has 0 atom stereocenters. The molecule has 144 valence electrons. The van der Waals surface area contributed by atoms with E-state index in [0.717, 1.165) is 30.8 Å². The van der Waals surface area contributed by atoms with Crippen molar-refractivity contribution in [3.63, 3.8) is 0 Å². The van der Waals surface area contributed by atoms with Crippen LogP contribution in [0.4, 0.5) is 5.69 Å². The monoisotopic (exact) mass is 378 g/mol. The van der Waals surface area contributed by atoms with Gasteiger partial charge < -0.3 is 20.1 Å². The Morgan fingerprint density at radius 2 is 2.04 bits per heavy atom. The number of carbonyl (C=O) groups excluding carboxylic acids is 1. The number of anilines is 1.